The van der Waals surface area contributed by atoms with Gasteiger partial charge in [0.15, 0.2) is 0 Å². The number of halogens is 1. The van der Waals surface area contributed by atoms with E-state index in [0.717, 1.165) is 15.9 Å². The first kappa shape index (κ1) is 12.0. The number of hydrogen-bond donors (Lipinski definition) is 0. The van der Waals surface area contributed by atoms with Gasteiger partial charge in [-0.15, -0.1) is 0 Å². The molecular weight excluding hydrogens is 284 g/mol. The second kappa shape index (κ2) is 5.23. The Hall–Kier alpha value is -0.490. The van der Waals surface area contributed by atoms with Gasteiger partial charge in [0.05, 0.1) is 16.6 Å². The predicted molar refractivity (Wildman–Crippen MR) is 70.0 cm³/mol. The van der Waals surface area contributed by atoms with Crippen molar-refractivity contribution in [3.05, 3.63) is 50.5 Å². The molecule has 0 aliphatic rings. The third-order valence-electron chi connectivity index (χ3n) is 1.90. The maximum absolute atomic E-state index is 12.0. The van der Waals surface area contributed by atoms with E-state index >= 15 is 0 Å². The van der Waals surface area contributed by atoms with Crippen LogP contribution in [-0.2, 0) is 16.6 Å². The first-order chi connectivity index (χ1) is 7.68. The fraction of sp³-hybridized carbons (Fsp3) is 0.100. The zero-order chi connectivity index (χ0) is 11.5. The lowest BCUT2D eigenvalue weighted by atomic mass is 10.2. The molecule has 0 saturated carbocycles. The lowest BCUT2D eigenvalue weighted by Gasteiger charge is -1.99. The third-order valence-corrected chi connectivity index (χ3v) is 6.93. The molecule has 0 radical (unpaired) electrons. The molecule has 1 heterocycles. The molecule has 1 atom stereocenters. The van der Waals surface area contributed by atoms with E-state index in [1.54, 1.807) is 0 Å². The maximum Gasteiger partial charge on any atom is 0.262 e. The molecular formula is C10H7ClO2S3. The highest BCUT2D eigenvalue weighted by Crippen LogP contribution is 2.26. The highest BCUT2D eigenvalue weighted by atomic mass is 35.5. The summed E-state index contributed by atoms with van der Waals surface area (Å²) < 4.78 is 12.2. The Morgan fingerprint density at radius 3 is 2.44 bits per heavy atom. The van der Waals surface area contributed by atoms with Crippen molar-refractivity contribution in [3.8, 4) is 0 Å². The summed E-state index contributed by atoms with van der Waals surface area (Å²) >= 11 is 5.79. The summed E-state index contributed by atoms with van der Waals surface area (Å²) in [6.07, 6.45) is 0. The third kappa shape index (κ3) is 2.60. The zero-order valence-corrected chi connectivity index (χ0v) is 11.2. The first-order valence-corrected chi connectivity index (χ1v) is 8.24. The van der Waals surface area contributed by atoms with Crippen molar-refractivity contribution in [1.82, 2.24) is 0 Å². The molecule has 0 fully saturated rings. The first-order valence-electron chi connectivity index (χ1n) is 4.39. The number of rotatable bonds is 3. The van der Waals surface area contributed by atoms with Crippen LogP contribution in [0.4, 0.5) is 0 Å². The Balaban J connectivity index is 2.22. The van der Waals surface area contributed by atoms with Crippen molar-refractivity contribution in [2.45, 2.75) is 9.96 Å². The van der Waals surface area contributed by atoms with Crippen molar-refractivity contribution >= 4 is 43.1 Å². The lowest BCUT2D eigenvalue weighted by molar-refractivity contribution is 0.684. The van der Waals surface area contributed by atoms with E-state index in [0.29, 0.717) is 9.96 Å². The monoisotopic (exact) mass is 290 g/mol. The van der Waals surface area contributed by atoms with Gasteiger partial charge < -0.3 is 0 Å². The summed E-state index contributed by atoms with van der Waals surface area (Å²) in [6, 6.07) is 9.50. The Bertz CT molecular complexity index is 559. The Labute approximate surface area is 107 Å². The Kier molecular flexibility index (Phi) is 3.91. The van der Waals surface area contributed by atoms with Gasteiger partial charge in [0.25, 0.3) is 4.74 Å². The van der Waals surface area contributed by atoms with Crippen LogP contribution < -0.4 is 4.74 Å². The fourth-order valence-electron chi connectivity index (χ4n) is 1.16. The summed E-state index contributed by atoms with van der Waals surface area (Å²) in [6.45, 7) is 0. The molecule has 84 valence electrons. The summed E-state index contributed by atoms with van der Waals surface area (Å²) in [4.78, 5) is 11.2. The van der Waals surface area contributed by atoms with E-state index in [2.05, 4.69) is 0 Å². The van der Waals surface area contributed by atoms with Gasteiger partial charge in [-0.3, -0.25) is 9.00 Å². The van der Waals surface area contributed by atoms with Crippen molar-refractivity contribution < 1.29 is 4.21 Å². The Morgan fingerprint density at radius 1 is 1.19 bits per heavy atom. The average Bonchev–Trinajstić information content (AvgIpc) is 2.61. The SMILES string of the molecule is O=c1ssc(S(=O)Cc2ccccc2)c1Cl. The molecule has 0 amide bonds. The molecule has 0 saturated heterocycles. The second-order valence-electron chi connectivity index (χ2n) is 3.03. The molecule has 16 heavy (non-hydrogen) atoms. The van der Waals surface area contributed by atoms with Gasteiger partial charge in [0, 0.05) is 0 Å². The van der Waals surface area contributed by atoms with E-state index in [1.165, 1.54) is 10.3 Å². The van der Waals surface area contributed by atoms with Crippen LogP contribution in [0.15, 0.2) is 39.3 Å². The van der Waals surface area contributed by atoms with Crippen molar-refractivity contribution in [2.24, 2.45) is 0 Å². The van der Waals surface area contributed by atoms with Gasteiger partial charge in [-0.2, -0.15) is 0 Å². The van der Waals surface area contributed by atoms with E-state index in [4.69, 9.17) is 11.6 Å². The molecule has 0 aliphatic carbocycles. The van der Waals surface area contributed by atoms with E-state index in [1.807, 2.05) is 30.3 Å². The minimum atomic E-state index is -1.23. The van der Waals surface area contributed by atoms with Crippen LogP contribution >= 0.6 is 32.3 Å². The topological polar surface area (TPSA) is 34.1 Å². The van der Waals surface area contributed by atoms with E-state index in [9.17, 15) is 9.00 Å². The summed E-state index contributed by atoms with van der Waals surface area (Å²) in [5.41, 5.74) is 0.975. The van der Waals surface area contributed by atoms with Gasteiger partial charge in [0.1, 0.15) is 9.23 Å². The fourth-order valence-corrected chi connectivity index (χ4v) is 5.89. The molecule has 6 heteroatoms. The molecule has 0 N–H and O–H groups in total. The van der Waals surface area contributed by atoms with Crippen molar-refractivity contribution in [1.29, 1.82) is 0 Å². The maximum atomic E-state index is 12.0. The smallest absolute Gasteiger partial charge is 0.262 e. The average molecular weight is 291 g/mol. The molecule has 1 unspecified atom stereocenters. The molecule has 1 aromatic heterocycles. The van der Waals surface area contributed by atoms with Crippen LogP contribution in [0.2, 0.25) is 5.02 Å². The summed E-state index contributed by atoms with van der Waals surface area (Å²) in [5.74, 6) is 0.396. The predicted octanol–water partition coefficient (Wildman–Crippen LogP) is 3.13. The van der Waals surface area contributed by atoms with Crippen molar-refractivity contribution in [3.63, 3.8) is 0 Å². The molecule has 2 rings (SSSR count). The molecule has 0 bridgehead atoms. The molecule has 1 aromatic carbocycles. The quantitative estimate of drug-likeness (QED) is 0.814. The van der Waals surface area contributed by atoms with E-state index in [-0.39, 0.29) is 9.77 Å². The van der Waals surface area contributed by atoms with Gasteiger partial charge in [-0.05, 0) is 15.9 Å². The van der Waals surface area contributed by atoms with Crippen molar-refractivity contribution in [2.75, 3.05) is 0 Å². The minimum Gasteiger partial charge on any atom is -0.275 e. The molecule has 2 aromatic rings. The highest BCUT2D eigenvalue weighted by Gasteiger charge is 2.15. The number of benzene rings is 1. The van der Waals surface area contributed by atoms with E-state index < -0.39 is 10.8 Å². The van der Waals surface area contributed by atoms with Gasteiger partial charge >= 0.3 is 0 Å². The van der Waals surface area contributed by atoms with Crippen LogP contribution in [0.3, 0.4) is 0 Å². The molecule has 2 nitrogen and oxygen atoms in total. The van der Waals surface area contributed by atoms with Gasteiger partial charge in [-0.25, -0.2) is 0 Å². The standard InChI is InChI=1S/C10H7ClO2S3/c11-8-9(12)14-15-10(8)16(13)6-7-4-2-1-3-5-7/h1-5H,6H2. The van der Waals surface area contributed by atoms with Gasteiger partial charge in [0.2, 0.25) is 0 Å². The van der Waals surface area contributed by atoms with Crippen LogP contribution in [0, 0.1) is 0 Å². The highest BCUT2D eigenvalue weighted by molar-refractivity contribution is 7.90. The lowest BCUT2D eigenvalue weighted by Crippen LogP contribution is -1.97. The molecule has 0 aliphatic heterocycles. The van der Waals surface area contributed by atoms with Crippen LogP contribution in [-0.4, -0.2) is 4.21 Å². The summed E-state index contributed by atoms with van der Waals surface area (Å²) in [5, 5.41) is 0.115. The second-order valence-corrected chi connectivity index (χ2v) is 7.17. The summed E-state index contributed by atoms with van der Waals surface area (Å²) in [7, 11) is 1.00. The normalized spacial score (nSPS) is 12.6. The van der Waals surface area contributed by atoms with Crippen LogP contribution in [0.5, 0.6) is 0 Å². The zero-order valence-electron chi connectivity index (χ0n) is 8.01. The van der Waals surface area contributed by atoms with Gasteiger partial charge in [-0.1, -0.05) is 52.3 Å². The largest absolute Gasteiger partial charge is 0.275 e. The van der Waals surface area contributed by atoms with Crippen LogP contribution in [0.25, 0.3) is 0 Å². The van der Waals surface area contributed by atoms with Crippen LogP contribution in [0.1, 0.15) is 5.56 Å². The molecule has 0 spiro atoms. The minimum absolute atomic E-state index is 0.115. The number of hydrogen-bond acceptors (Lipinski definition) is 4. The Morgan fingerprint density at radius 2 is 1.88 bits per heavy atom.